The van der Waals surface area contributed by atoms with Gasteiger partial charge in [0.2, 0.25) is 0 Å². The second kappa shape index (κ2) is 4.44. The minimum atomic E-state index is -0.951. The van der Waals surface area contributed by atoms with Gasteiger partial charge in [-0.15, -0.1) is 0 Å². The largest absolute Gasteiger partial charge is 0.467 e. The van der Waals surface area contributed by atoms with Crippen molar-refractivity contribution in [2.75, 3.05) is 7.11 Å². The molecule has 0 fully saturated rings. The van der Waals surface area contributed by atoms with E-state index in [1.165, 1.54) is 12.7 Å². The Morgan fingerprint density at radius 3 is 2.26 bits per heavy atom. The van der Waals surface area contributed by atoms with Crippen LogP contribution in [0.2, 0.25) is 0 Å². The molecule has 2 rings (SSSR count). The average molecular weight is 260 g/mol. The van der Waals surface area contributed by atoms with Crippen LogP contribution in [0.3, 0.4) is 0 Å². The van der Waals surface area contributed by atoms with Gasteiger partial charge in [-0.2, -0.15) is 10.2 Å². The molecule has 2 atom stereocenters. The van der Waals surface area contributed by atoms with Gasteiger partial charge in [-0.05, 0) is 33.3 Å². The first-order valence-corrected chi connectivity index (χ1v) is 6.40. The van der Waals surface area contributed by atoms with Crippen LogP contribution in [0.4, 0.5) is 0 Å². The third kappa shape index (κ3) is 2.15. The van der Waals surface area contributed by atoms with E-state index in [0.717, 1.165) is 5.56 Å². The number of nitrogens with zero attached hydrogens (tertiary/aromatic N) is 2. The van der Waals surface area contributed by atoms with Crippen molar-refractivity contribution in [3.8, 4) is 0 Å². The molecule has 0 aliphatic carbocycles. The number of benzene rings is 1. The molecule has 1 aromatic carbocycles. The highest BCUT2D eigenvalue weighted by atomic mass is 16.5. The van der Waals surface area contributed by atoms with Crippen molar-refractivity contribution in [1.29, 1.82) is 0 Å². The Morgan fingerprint density at radius 1 is 1.16 bits per heavy atom. The van der Waals surface area contributed by atoms with Crippen molar-refractivity contribution in [2.24, 2.45) is 10.2 Å². The van der Waals surface area contributed by atoms with Gasteiger partial charge in [0.25, 0.3) is 0 Å². The molecule has 0 amide bonds. The molecule has 1 aromatic rings. The Bertz CT molecular complexity index is 519. The molecule has 1 aliphatic rings. The van der Waals surface area contributed by atoms with E-state index >= 15 is 0 Å². The minimum Gasteiger partial charge on any atom is -0.467 e. The summed E-state index contributed by atoms with van der Waals surface area (Å²) in [5.74, 6) is -0.458. The number of ether oxygens (including phenoxy) is 1. The lowest BCUT2D eigenvalue weighted by molar-refractivity contribution is -0.147. The third-order valence-corrected chi connectivity index (χ3v) is 3.79. The molecule has 19 heavy (non-hydrogen) atoms. The van der Waals surface area contributed by atoms with Crippen molar-refractivity contribution in [2.45, 2.75) is 44.7 Å². The fourth-order valence-corrected chi connectivity index (χ4v) is 2.89. The van der Waals surface area contributed by atoms with E-state index in [9.17, 15) is 4.79 Å². The third-order valence-electron chi connectivity index (χ3n) is 3.79. The SMILES string of the molecule is COC(=O)[C@@]1(C)N=NC(C)(C)[C@@H]1c1ccc(C)cc1. The number of azo groups is 1. The number of esters is 1. The first kappa shape index (κ1) is 13.7. The lowest BCUT2D eigenvalue weighted by Crippen LogP contribution is -2.44. The molecule has 0 bridgehead atoms. The molecule has 0 radical (unpaired) electrons. The van der Waals surface area contributed by atoms with Crippen molar-refractivity contribution in [3.63, 3.8) is 0 Å². The maximum atomic E-state index is 12.1. The summed E-state index contributed by atoms with van der Waals surface area (Å²) >= 11 is 0. The number of hydrogen-bond donors (Lipinski definition) is 0. The van der Waals surface area contributed by atoms with E-state index in [0.29, 0.717) is 0 Å². The Labute approximate surface area is 113 Å². The smallest absolute Gasteiger partial charge is 0.336 e. The molecule has 1 heterocycles. The summed E-state index contributed by atoms with van der Waals surface area (Å²) in [5, 5.41) is 8.52. The van der Waals surface area contributed by atoms with Crippen molar-refractivity contribution >= 4 is 5.97 Å². The van der Waals surface area contributed by atoms with Crippen molar-refractivity contribution < 1.29 is 9.53 Å². The monoisotopic (exact) mass is 260 g/mol. The van der Waals surface area contributed by atoms with Gasteiger partial charge in [0.15, 0.2) is 5.54 Å². The fourth-order valence-electron chi connectivity index (χ4n) is 2.89. The molecule has 0 spiro atoms. The molecule has 0 aromatic heterocycles. The maximum Gasteiger partial charge on any atom is 0.336 e. The van der Waals surface area contributed by atoms with Gasteiger partial charge >= 0.3 is 5.97 Å². The lowest BCUT2D eigenvalue weighted by atomic mass is 9.72. The number of carbonyl (C=O) groups is 1. The normalized spacial score (nSPS) is 28.4. The Hall–Kier alpha value is -1.71. The molecule has 4 heteroatoms. The highest BCUT2D eigenvalue weighted by Crippen LogP contribution is 2.48. The van der Waals surface area contributed by atoms with E-state index in [1.807, 2.05) is 45.0 Å². The molecule has 102 valence electrons. The van der Waals surface area contributed by atoms with Crippen LogP contribution in [-0.4, -0.2) is 24.2 Å². The predicted molar refractivity (Wildman–Crippen MR) is 73.3 cm³/mol. The first-order chi connectivity index (χ1) is 8.81. The second-order valence-corrected chi connectivity index (χ2v) is 5.84. The number of aryl methyl sites for hydroxylation is 1. The predicted octanol–water partition coefficient (Wildman–Crippen LogP) is 3.25. The van der Waals surface area contributed by atoms with Crippen LogP contribution in [0.1, 0.15) is 37.8 Å². The summed E-state index contributed by atoms with van der Waals surface area (Å²) in [6.07, 6.45) is 0. The zero-order chi connectivity index (χ0) is 14.3. The zero-order valence-electron chi connectivity index (χ0n) is 12.1. The molecule has 1 aliphatic heterocycles. The van der Waals surface area contributed by atoms with Gasteiger partial charge in [-0.1, -0.05) is 29.8 Å². The van der Waals surface area contributed by atoms with Gasteiger partial charge in [0, 0.05) is 5.92 Å². The van der Waals surface area contributed by atoms with Crippen LogP contribution >= 0.6 is 0 Å². The molecular weight excluding hydrogens is 240 g/mol. The van der Waals surface area contributed by atoms with Gasteiger partial charge in [0.1, 0.15) is 0 Å². The van der Waals surface area contributed by atoms with Crippen LogP contribution in [0.5, 0.6) is 0 Å². The van der Waals surface area contributed by atoms with E-state index < -0.39 is 11.1 Å². The zero-order valence-corrected chi connectivity index (χ0v) is 12.1. The summed E-state index contributed by atoms with van der Waals surface area (Å²) in [6, 6.07) is 8.17. The fraction of sp³-hybridized carbons (Fsp3) is 0.533. The topological polar surface area (TPSA) is 51.0 Å². The number of methoxy groups -OCH3 is 1. The average Bonchev–Trinajstić information content (AvgIpc) is 2.62. The molecule has 0 saturated carbocycles. The standard InChI is InChI=1S/C15H20N2O2/c1-10-6-8-11(9-7-10)12-14(2,3)16-17-15(12,4)13(18)19-5/h6-9,12H,1-5H3/t12-,15-/m0/s1. The second-order valence-electron chi connectivity index (χ2n) is 5.84. The summed E-state index contributed by atoms with van der Waals surface area (Å²) < 4.78 is 4.91. The van der Waals surface area contributed by atoms with E-state index in [1.54, 1.807) is 6.92 Å². The summed E-state index contributed by atoms with van der Waals surface area (Å²) in [6.45, 7) is 7.82. The summed E-state index contributed by atoms with van der Waals surface area (Å²) in [4.78, 5) is 12.1. The van der Waals surface area contributed by atoms with E-state index in [2.05, 4.69) is 10.2 Å². The van der Waals surface area contributed by atoms with Crippen LogP contribution in [-0.2, 0) is 9.53 Å². The summed E-state index contributed by atoms with van der Waals surface area (Å²) in [5.41, 5.74) is 0.882. The van der Waals surface area contributed by atoms with Gasteiger partial charge in [0.05, 0.1) is 12.6 Å². The van der Waals surface area contributed by atoms with Gasteiger partial charge < -0.3 is 4.74 Å². The first-order valence-electron chi connectivity index (χ1n) is 6.40. The van der Waals surface area contributed by atoms with Crippen LogP contribution < -0.4 is 0 Å². The van der Waals surface area contributed by atoms with E-state index in [-0.39, 0.29) is 11.9 Å². The molecular formula is C15H20N2O2. The summed E-state index contributed by atoms with van der Waals surface area (Å²) in [7, 11) is 1.39. The Balaban J connectivity index is 2.50. The highest BCUT2D eigenvalue weighted by molar-refractivity contribution is 5.82. The molecule has 4 nitrogen and oxygen atoms in total. The van der Waals surface area contributed by atoms with Gasteiger partial charge in [-0.3, -0.25) is 0 Å². The lowest BCUT2D eigenvalue weighted by Gasteiger charge is -2.32. The van der Waals surface area contributed by atoms with E-state index in [4.69, 9.17) is 4.74 Å². The van der Waals surface area contributed by atoms with Gasteiger partial charge in [-0.25, -0.2) is 4.79 Å². The number of rotatable bonds is 2. The maximum absolute atomic E-state index is 12.1. The molecule has 0 unspecified atom stereocenters. The van der Waals surface area contributed by atoms with Crippen molar-refractivity contribution in [1.82, 2.24) is 0 Å². The Morgan fingerprint density at radius 2 is 1.74 bits per heavy atom. The Kier molecular flexibility index (Phi) is 3.20. The number of hydrogen-bond acceptors (Lipinski definition) is 4. The molecule has 0 saturated heterocycles. The minimum absolute atomic E-state index is 0.118. The van der Waals surface area contributed by atoms with Crippen molar-refractivity contribution in [3.05, 3.63) is 35.4 Å². The van der Waals surface area contributed by atoms with Crippen LogP contribution in [0.25, 0.3) is 0 Å². The quantitative estimate of drug-likeness (QED) is 0.766. The van der Waals surface area contributed by atoms with Crippen LogP contribution in [0, 0.1) is 6.92 Å². The number of carbonyl (C=O) groups excluding carboxylic acids is 1. The highest BCUT2D eigenvalue weighted by Gasteiger charge is 2.55. The van der Waals surface area contributed by atoms with Crippen LogP contribution in [0.15, 0.2) is 34.5 Å². The molecule has 0 N–H and O–H groups in total.